The first kappa shape index (κ1) is 22.2. The molecule has 0 radical (unpaired) electrons. The molecule has 1 aromatic carbocycles. The molecule has 8 heteroatoms. The molecule has 4 rings (SSSR count). The van der Waals surface area contributed by atoms with Crippen molar-refractivity contribution < 1.29 is 23.5 Å². The predicted molar refractivity (Wildman–Crippen MR) is 119 cm³/mol. The maximum atomic E-state index is 12.6. The van der Waals surface area contributed by atoms with Crippen LogP contribution >= 0.6 is 0 Å². The number of benzene rings is 1. The minimum absolute atomic E-state index is 0.0261. The van der Waals surface area contributed by atoms with Gasteiger partial charge in [-0.3, -0.25) is 9.59 Å². The molecule has 1 aromatic heterocycles. The highest BCUT2D eigenvalue weighted by Crippen LogP contribution is 2.44. The van der Waals surface area contributed by atoms with Crippen LogP contribution in [-0.4, -0.2) is 61.5 Å². The lowest BCUT2D eigenvalue weighted by molar-refractivity contribution is -0.139. The Morgan fingerprint density at radius 1 is 1.06 bits per heavy atom. The van der Waals surface area contributed by atoms with Crippen molar-refractivity contribution in [3.05, 3.63) is 33.2 Å². The monoisotopic (exact) mass is 442 g/mol. The number of amides is 2. The number of carbonyl (C=O) groups excluding carboxylic acids is 2. The van der Waals surface area contributed by atoms with E-state index in [-0.39, 0.29) is 36.2 Å². The van der Waals surface area contributed by atoms with Gasteiger partial charge in [-0.2, -0.15) is 0 Å². The lowest BCUT2D eigenvalue weighted by atomic mass is 9.91. The summed E-state index contributed by atoms with van der Waals surface area (Å²) >= 11 is 0. The molecule has 8 nitrogen and oxygen atoms in total. The van der Waals surface area contributed by atoms with Gasteiger partial charge in [-0.15, -0.1) is 0 Å². The molecular formula is C24H30N2O6. The zero-order valence-electron chi connectivity index (χ0n) is 19.4. The maximum absolute atomic E-state index is 12.6. The molecule has 2 aliphatic rings. The molecule has 0 fully saturated rings. The van der Waals surface area contributed by atoms with Gasteiger partial charge in [0.05, 0.1) is 11.9 Å². The van der Waals surface area contributed by atoms with E-state index in [4.69, 9.17) is 13.9 Å². The summed E-state index contributed by atoms with van der Waals surface area (Å²) in [5.41, 5.74) is 2.37. The summed E-state index contributed by atoms with van der Waals surface area (Å²) in [7, 11) is 4.86. The van der Waals surface area contributed by atoms with E-state index in [2.05, 4.69) is 0 Å². The van der Waals surface area contributed by atoms with Crippen LogP contribution in [0.3, 0.4) is 0 Å². The first-order valence-electron chi connectivity index (χ1n) is 11.0. The molecule has 0 atom stereocenters. The van der Waals surface area contributed by atoms with Gasteiger partial charge in [0.15, 0.2) is 6.61 Å². The second kappa shape index (κ2) is 8.15. The van der Waals surface area contributed by atoms with Gasteiger partial charge in [0.1, 0.15) is 22.7 Å². The summed E-state index contributed by atoms with van der Waals surface area (Å²) in [5, 5.41) is 0.763. The van der Waals surface area contributed by atoms with Crippen molar-refractivity contribution in [3.8, 4) is 11.5 Å². The lowest BCUT2D eigenvalue weighted by Crippen LogP contribution is -2.39. The fraction of sp³-hybridized carbons (Fsp3) is 0.542. The average Bonchev–Trinajstić information content (AvgIpc) is 3.21. The molecule has 2 aromatic rings. The second-order valence-corrected chi connectivity index (χ2v) is 9.44. The van der Waals surface area contributed by atoms with E-state index in [9.17, 15) is 14.4 Å². The number of carbonyl (C=O) groups is 2. The number of ether oxygens (including phenoxy) is 2. The molecule has 0 bridgehead atoms. The van der Waals surface area contributed by atoms with Crippen molar-refractivity contribution in [1.82, 2.24) is 9.80 Å². The Kier molecular flexibility index (Phi) is 5.65. The van der Waals surface area contributed by atoms with Gasteiger partial charge < -0.3 is 23.7 Å². The van der Waals surface area contributed by atoms with Crippen LogP contribution in [0.2, 0.25) is 0 Å². The fourth-order valence-corrected chi connectivity index (χ4v) is 4.35. The first-order chi connectivity index (χ1) is 15.1. The van der Waals surface area contributed by atoms with Crippen LogP contribution < -0.4 is 15.1 Å². The Hall–Kier alpha value is -3.03. The number of fused-ring (bicyclic) bond motifs is 5. The largest absolute Gasteiger partial charge is 0.487 e. The number of rotatable bonds is 5. The van der Waals surface area contributed by atoms with E-state index in [1.807, 2.05) is 19.9 Å². The van der Waals surface area contributed by atoms with Crippen molar-refractivity contribution in [2.75, 3.05) is 34.3 Å². The molecule has 1 aliphatic carbocycles. The van der Waals surface area contributed by atoms with Crippen LogP contribution in [0.1, 0.15) is 43.4 Å². The van der Waals surface area contributed by atoms with Gasteiger partial charge in [0.2, 0.25) is 5.91 Å². The molecule has 0 unspecified atom stereocenters. The number of hydrogen-bond donors (Lipinski definition) is 0. The van der Waals surface area contributed by atoms with Crippen LogP contribution in [0.5, 0.6) is 11.5 Å². The Morgan fingerprint density at radius 2 is 1.78 bits per heavy atom. The molecule has 32 heavy (non-hydrogen) atoms. The van der Waals surface area contributed by atoms with E-state index in [0.29, 0.717) is 29.1 Å². The summed E-state index contributed by atoms with van der Waals surface area (Å²) in [4.78, 5) is 39.9. The third kappa shape index (κ3) is 4.06. The van der Waals surface area contributed by atoms with Gasteiger partial charge in [-0.1, -0.05) is 0 Å². The van der Waals surface area contributed by atoms with Gasteiger partial charge >= 0.3 is 5.63 Å². The maximum Gasteiger partial charge on any atom is 0.339 e. The van der Waals surface area contributed by atoms with Gasteiger partial charge in [0, 0.05) is 38.3 Å². The van der Waals surface area contributed by atoms with Gasteiger partial charge in [-0.05, 0) is 51.5 Å². The number of hydrogen-bond acceptors (Lipinski definition) is 6. The lowest BCUT2D eigenvalue weighted by Gasteiger charge is -2.33. The number of aryl methyl sites for hydroxylation is 2. The topological polar surface area (TPSA) is 89.3 Å². The standard InChI is InChI=1S/C24H30N2O6/c1-24(2)10-9-16-17(32-24)11-18(30-13-20(28)26(5)12-19(27)25(3)4)21-14-7-6-8-15(14)23(29)31-22(16)21/h11H,6-10,12-13H2,1-5H3. The summed E-state index contributed by atoms with van der Waals surface area (Å²) in [5.74, 6) is 0.601. The molecule has 0 N–H and O–H groups in total. The minimum Gasteiger partial charge on any atom is -0.487 e. The Balaban J connectivity index is 1.71. The van der Waals surface area contributed by atoms with Crippen molar-refractivity contribution in [2.45, 2.75) is 51.6 Å². The van der Waals surface area contributed by atoms with E-state index in [1.54, 1.807) is 21.1 Å². The first-order valence-corrected chi connectivity index (χ1v) is 11.0. The molecule has 2 amide bonds. The molecule has 0 saturated heterocycles. The van der Waals surface area contributed by atoms with Crippen molar-refractivity contribution in [3.63, 3.8) is 0 Å². The summed E-state index contributed by atoms with van der Waals surface area (Å²) in [6.45, 7) is 3.77. The van der Waals surface area contributed by atoms with E-state index < -0.39 is 0 Å². The van der Waals surface area contributed by atoms with Crippen molar-refractivity contribution in [2.24, 2.45) is 0 Å². The SMILES string of the molecule is CN(C)C(=O)CN(C)C(=O)COc1cc2c(c3oc(=O)c4c(c13)CCC4)CCC(C)(C)O2. The highest BCUT2D eigenvalue weighted by atomic mass is 16.5. The quantitative estimate of drug-likeness (QED) is 0.661. The summed E-state index contributed by atoms with van der Waals surface area (Å²) in [6, 6.07) is 1.81. The van der Waals surface area contributed by atoms with E-state index in [1.165, 1.54) is 9.80 Å². The van der Waals surface area contributed by atoms with E-state index >= 15 is 0 Å². The molecular weight excluding hydrogens is 412 g/mol. The zero-order chi connectivity index (χ0) is 23.2. The molecule has 172 valence electrons. The van der Waals surface area contributed by atoms with Crippen LogP contribution in [0.4, 0.5) is 0 Å². The Morgan fingerprint density at radius 3 is 2.50 bits per heavy atom. The van der Waals surface area contributed by atoms with Crippen molar-refractivity contribution >= 4 is 22.8 Å². The fourth-order valence-electron chi connectivity index (χ4n) is 4.35. The summed E-state index contributed by atoms with van der Waals surface area (Å²) in [6.07, 6.45) is 3.87. The normalized spacial score (nSPS) is 16.2. The third-order valence-electron chi connectivity index (χ3n) is 6.28. The molecule has 1 aliphatic heterocycles. The third-order valence-corrected chi connectivity index (χ3v) is 6.28. The van der Waals surface area contributed by atoms with Gasteiger partial charge in [-0.25, -0.2) is 4.79 Å². The number of nitrogens with zero attached hydrogens (tertiary/aromatic N) is 2. The summed E-state index contributed by atoms with van der Waals surface area (Å²) < 4.78 is 17.9. The van der Waals surface area contributed by atoms with Gasteiger partial charge in [0.25, 0.3) is 5.91 Å². The van der Waals surface area contributed by atoms with E-state index in [0.717, 1.165) is 42.2 Å². The molecule has 2 heterocycles. The predicted octanol–water partition coefficient (Wildman–Crippen LogP) is 2.31. The van der Waals surface area contributed by atoms with Crippen LogP contribution in [0.15, 0.2) is 15.3 Å². The Bertz CT molecular complexity index is 1150. The number of likely N-dealkylation sites (N-methyl/N-ethyl adjacent to an activating group) is 2. The molecule has 0 saturated carbocycles. The highest BCUT2D eigenvalue weighted by Gasteiger charge is 2.32. The minimum atomic E-state index is -0.350. The van der Waals surface area contributed by atoms with Crippen LogP contribution in [0, 0.1) is 0 Å². The average molecular weight is 443 g/mol. The smallest absolute Gasteiger partial charge is 0.339 e. The second-order valence-electron chi connectivity index (χ2n) is 9.44. The van der Waals surface area contributed by atoms with Crippen LogP contribution in [0.25, 0.3) is 11.0 Å². The Labute approximate surface area is 187 Å². The highest BCUT2D eigenvalue weighted by molar-refractivity contribution is 5.93. The van der Waals surface area contributed by atoms with Crippen molar-refractivity contribution in [1.29, 1.82) is 0 Å². The molecule has 0 spiro atoms. The zero-order valence-corrected chi connectivity index (χ0v) is 19.4. The van der Waals surface area contributed by atoms with Crippen LogP contribution in [-0.2, 0) is 28.9 Å².